The maximum Gasteiger partial charge on any atom is 0.323 e. The van der Waals surface area contributed by atoms with Crippen molar-refractivity contribution >= 4 is 27.4 Å². The normalized spacial score (nSPS) is 11.0. The Morgan fingerprint density at radius 1 is 0.923 bits per heavy atom. The zero-order chi connectivity index (χ0) is 19.0. The fourth-order valence-electron chi connectivity index (χ4n) is 2.09. The van der Waals surface area contributed by atoms with E-state index in [-0.39, 0.29) is 4.90 Å². The fraction of sp³-hybridized carbons (Fsp3) is 0.235. The standard InChI is InChI=1S/C17H22N4O4S/c18-11-1-2-12-25-15-7-3-13(4-8-15)20-17(22)21-14-5-9-16(10-6-14)26(19,23)24/h3-10H,1-2,11-12,18H2,(H2,19,23,24)(H2,20,21,22). The number of carbonyl (C=O) groups is 1. The second-order valence-corrected chi connectivity index (χ2v) is 7.08. The average Bonchev–Trinajstić information content (AvgIpc) is 2.60. The molecule has 0 aliphatic carbocycles. The van der Waals surface area contributed by atoms with Gasteiger partial charge in [0.15, 0.2) is 0 Å². The number of sulfonamides is 1. The molecule has 8 nitrogen and oxygen atoms in total. The first-order valence-corrected chi connectivity index (χ1v) is 9.57. The van der Waals surface area contributed by atoms with Gasteiger partial charge in [0.05, 0.1) is 11.5 Å². The predicted molar refractivity (Wildman–Crippen MR) is 101 cm³/mol. The second-order valence-electron chi connectivity index (χ2n) is 5.52. The van der Waals surface area contributed by atoms with Crippen LogP contribution in [0.15, 0.2) is 53.4 Å². The Bertz CT molecular complexity index is 821. The smallest absolute Gasteiger partial charge is 0.323 e. The number of anilines is 2. The van der Waals surface area contributed by atoms with Gasteiger partial charge in [0.25, 0.3) is 0 Å². The molecule has 0 spiro atoms. The molecular weight excluding hydrogens is 356 g/mol. The highest BCUT2D eigenvalue weighted by molar-refractivity contribution is 7.89. The third-order valence-corrected chi connectivity index (χ3v) is 4.35. The van der Waals surface area contributed by atoms with Gasteiger partial charge in [0, 0.05) is 11.4 Å². The summed E-state index contributed by atoms with van der Waals surface area (Å²) in [6, 6.07) is 12.1. The topological polar surface area (TPSA) is 137 Å². The van der Waals surface area contributed by atoms with Crippen LogP contribution in [0.4, 0.5) is 16.2 Å². The van der Waals surface area contributed by atoms with Crippen molar-refractivity contribution in [3.63, 3.8) is 0 Å². The van der Waals surface area contributed by atoms with E-state index in [1.54, 1.807) is 24.3 Å². The Kier molecular flexibility index (Phi) is 6.96. The molecule has 0 radical (unpaired) electrons. The molecule has 2 aromatic rings. The Hall–Kier alpha value is -2.62. The van der Waals surface area contributed by atoms with Gasteiger partial charge in [-0.1, -0.05) is 0 Å². The van der Waals surface area contributed by atoms with Gasteiger partial charge in [-0.25, -0.2) is 18.4 Å². The zero-order valence-electron chi connectivity index (χ0n) is 14.1. The predicted octanol–water partition coefficient (Wildman–Crippen LogP) is 2.10. The van der Waals surface area contributed by atoms with Gasteiger partial charge in [-0.05, 0) is 67.9 Å². The molecule has 0 heterocycles. The maximum atomic E-state index is 12.0. The van der Waals surface area contributed by atoms with E-state index in [1.807, 2.05) is 0 Å². The van der Waals surface area contributed by atoms with E-state index < -0.39 is 16.1 Å². The number of urea groups is 1. The molecule has 0 fully saturated rings. The monoisotopic (exact) mass is 378 g/mol. The van der Waals surface area contributed by atoms with E-state index in [1.165, 1.54) is 24.3 Å². The molecule has 9 heteroatoms. The lowest BCUT2D eigenvalue weighted by Gasteiger charge is -2.09. The molecule has 26 heavy (non-hydrogen) atoms. The largest absolute Gasteiger partial charge is 0.494 e. The quantitative estimate of drug-likeness (QED) is 0.521. The van der Waals surface area contributed by atoms with Gasteiger partial charge in [-0.15, -0.1) is 0 Å². The number of benzene rings is 2. The van der Waals surface area contributed by atoms with Crippen molar-refractivity contribution in [3.05, 3.63) is 48.5 Å². The number of nitrogens with one attached hydrogen (secondary N) is 2. The van der Waals surface area contributed by atoms with E-state index in [0.717, 1.165) is 12.8 Å². The first-order valence-electron chi connectivity index (χ1n) is 8.02. The number of rotatable bonds is 8. The summed E-state index contributed by atoms with van der Waals surface area (Å²) in [6.07, 6.45) is 1.81. The lowest BCUT2D eigenvalue weighted by Crippen LogP contribution is -2.19. The summed E-state index contributed by atoms with van der Waals surface area (Å²) in [5.41, 5.74) is 6.46. The lowest BCUT2D eigenvalue weighted by atomic mass is 10.3. The van der Waals surface area contributed by atoms with Crippen LogP contribution in [0.2, 0.25) is 0 Å². The molecule has 2 rings (SSSR count). The molecule has 140 valence electrons. The lowest BCUT2D eigenvalue weighted by molar-refractivity contribution is 0.262. The van der Waals surface area contributed by atoms with Crippen molar-refractivity contribution in [1.82, 2.24) is 0 Å². The number of unbranched alkanes of at least 4 members (excludes halogenated alkanes) is 1. The molecule has 0 bridgehead atoms. The molecule has 0 saturated carbocycles. The molecule has 2 aromatic carbocycles. The first-order chi connectivity index (χ1) is 12.4. The number of primary sulfonamides is 1. The van der Waals surface area contributed by atoms with E-state index in [4.69, 9.17) is 15.6 Å². The number of hydrogen-bond acceptors (Lipinski definition) is 5. The molecule has 0 aliphatic heterocycles. The number of nitrogens with two attached hydrogens (primary N) is 2. The van der Waals surface area contributed by atoms with Gasteiger partial charge in [0.2, 0.25) is 10.0 Å². The van der Waals surface area contributed by atoms with E-state index >= 15 is 0 Å². The van der Waals surface area contributed by atoms with Crippen molar-refractivity contribution in [1.29, 1.82) is 0 Å². The Morgan fingerprint density at radius 3 is 1.96 bits per heavy atom. The van der Waals surface area contributed by atoms with Crippen LogP contribution in [-0.4, -0.2) is 27.6 Å². The average molecular weight is 378 g/mol. The molecular formula is C17H22N4O4S. The van der Waals surface area contributed by atoms with Gasteiger partial charge >= 0.3 is 6.03 Å². The van der Waals surface area contributed by atoms with Gasteiger partial charge in [-0.3, -0.25) is 0 Å². The van der Waals surface area contributed by atoms with Crippen molar-refractivity contribution in [2.24, 2.45) is 10.9 Å². The molecule has 2 amide bonds. The Balaban J connectivity index is 1.85. The molecule has 0 unspecified atom stereocenters. The highest BCUT2D eigenvalue weighted by atomic mass is 32.2. The van der Waals surface area contributed by atoms with Gasteiger partial charge in [0.1, 0.15) is 5.75 Å². The van der Waals surface area contributed by atoms with E-state index in [2.05, 4.69) is 10.6 Å². The highest BCUT2D eigenvalue weighted by Gasteiger charge is 2.08. The van der Waals surface area contributed by atoms with Crippen LogP contribution >= 0.6 is 0 Å². The molecule has 0 atom stereocenters. The number of amides is 2. The minimum absolute atomic E-state index is 0.0227. The maximum absolute atomic E-state index is 12.0. The van der Waals surface area contributed by atoms with Gasteiger partial charge in [-0.2, -0.15) is 0 Å². The number of carbonyl (C=O) groups excluding carboxylic acids is 1. The molecule has 0 aliphatic rings. The minimum Gasteiger partial charge on any atom is -0.494 e. The van der Waals surface area contributed by atoms with Crippen molar-refractivity contribution < 1.29 is 17.9 Å². The Labute approximate surface area is 152 Å². The van der Waals surface area contributed by atoms with Crippen molar-refractivity contribution in [2.75, 3.05) is 23.8 Å². The van der Waals surface area contributed by atoms with Crippen LogP contribution in [-0.2, 0) is 10.0 Å². The summed E-state index contributed by atoms with van der Waals surface area (Å²) in [6.45, 7) is 1.24. The van der Waals surface area contributed by atoms with Crippen molar-refractivity contribution in [2.45, 2.75) is 17.7 Å². The highest BCUT2D eigenvalue weighted by Crippen LogP contribution is 2.17. The second kappa shape index (κ2) is 9.18. The van der Waals surface area contributed by atoms with Crippen LogP contribution in [0.25, 0.3) is 0 Å². The number of hydrogen-bond donors (Lipinski definition) is 4. The number of ether oxygens (including phenoxy) is 1. The molecule has 6 N–H and O–H groups in total. The summed E-state index contributed by atoms with van der Waals surface area (Å²) in [5.74, 6) is 0.714. The summed E-state index contributed by atoms with van der Waals surface area (Å²) < 4.78 is 28.0. The third-order valence-electron chi connectivity index (χ3n) is 3.42. The molecule has 0 saturated heterocycles. The summed E-state index contributed by atoms with van der Waals surface area (Å²) >= 11 is 0. The van der Waals surface area contributed by atoms with E-state index in [0.29, 0.717) is 30.3 Å². The molecule has 0 aromatic heterocycles. The third kappa shape index (κ3) is 6.36. The summed E-state index contributed by atoms with van der Waals surface area (Å²) in [4.78, 5) is 12.0. The SMILES string of the molecule is NCCCCOc1ccc(NC(=O)Nc2ccc(S(N)(=O)=O)cc2)cc1. The van der Waals surface area contributed by atoms with Crippen LogP contribution in [0.1, 0.15) is 12.8 Å². The summed E-state index contributed by atoms with van der Waals surface area (Å²) in [5, 5.41) is 10.3. The van der Waals surface area contributed by atoms with Crippen LogP contribution in [0, 0.1) is 0 Å². The van der Waals surface area contributed by atoms with Crippen LogP contribution < -0.4 is 26.2 Å². The fourth-order valence-corrected chi connectivity index (χ4v) is 2.61. The minimum atomic E-state index is -3.76. The van der Waals surface area contributed by atoms with Crippen LogP contribution in [0.5, 0.6) is 5.75 Å². The zero-order valence-corrected chi connectivity index (χ0v) is 15.0. The van der Waals surface area contributed by atoms with Gasteiger partial charge < -0.3 is 21.1 Å². The van der Waals surface area contributed by atoms with E-state index in [9.17, 15) is 13.2 Å². The van der Waals surface area contributed by atoms with Crippen LogP contribution in [0.3, 0.4) is 0 Å². The first kappa shape index (κ1) is 19.7. The van der Waals surface area contributed by atoms with Crippen molar-refractivity contribution in [3.8, 4) is 5.75 Å². The Morgan fingerprint density at radius 2 is 1.46 bits per heavy atom. The summed E-state index contributed by atoms with van der Waals surface area (Å²) in [7, 11) is -3.76.